The Kier molecular flexibility index (Phi) is 3.66. The summed E-state index contributed by atoms with van der Waals surface area (Å²) in [5.41, 5.74) is 1.09. The van der Waals surface area contributed by atoms with Crippen molar-refractivity contribution in [2.75, 3.05) is 6.26 Å². The van der Waals surface area contributed by atoms with Gasteiger partial charge in [-0.25, -0.2) is 0 Å². The maximum absolute atomic E-state index is 12.4. The Balaban J connectivity index is 2.28. The van der Waals surface area contributed by atoms with Gasteiger partial charge in [0.1, 0.15) is 0 Å². The Hall–Kier alpha value is -1.42. The Morgan fingerprint density at radius 1 is 0.778 bits per heavy atom. The van der Waals surface area contributed by atoms with Crippen molar-refractivity contribution in [2.45, 2.75) is 11.1 Å². The van der Waals surface area contributed by atoms with Crippen LogP contribution in [0, 0.1) is 0 Å². The van der Waals surface area contributed by atoms with Crippen LogP contribution >= 0.6 is 11.8 Å². The van der Waals surface area contributed by atoms with Crippen molar-refractivity contribution in [1.29, 1.82) is 0 Å². The highest BCUT2D eigenvalue weighted by atomic mass is 32.2. The third-order valence-corrected chi connectivity index (χ3v) is 3.38. The van der Waals surface area contributed by atoms with Crippen LogP contribution in [-0.2, 0) is 6.18 Å². The van der Waals surface area contributed by atoms with E-state index < -0.39 is 11.7 Å². The molecule has 4 heteroatoms. The van der Waals surface area contributed by atoms with E-state index in [1.54, 1.807) is 11.8 Å². The van der Waals surface area contributed by atoms with Gasteiger partial charge in [0.25, 0.3) is 0 Å². The van der Waals surface area contributed by atoms with Gasteiger partial charge < -0.3 is 0 Å². The minimum absolute atomic E-state index is 0.619. The molecule has 0 radical (unpaired) electrons. The zero-order chi connectivity index (χ0) is 13.2. The zero-order valence-electron chi connectivity index (χ0n) is 9.66. The van der Waals surface area contributed by atoms with Crippen molar-refractivity contribution in [3.63, 3.8) is 0 Å². The highest BCUT2D eigenvalue weighted by molar-refractivity contribution is 7.98. The van der Waals surface area contributed by atoms with Gasteiger partial charge in [0.2, 0.25) is 0 Å². The predicted molar refractivity (Wildman–Crippen MR) is 68.7 cm³/mol. The topological polar surface area (TPSA) is 0 Å². The molecular formula is C14H11F3S. The fourth-order valence-corrected chi connectivity index (χ4v) is 2.04. The van der Waals surface area contributed by atoms with Crippen LogP contribution in [0.15, 0.2) is 53.4 Å². The number of benzene rings is 2. The molecular weight excluding hydrogens is 257 g/mol. The van der Waals surface area contributed by atoms with Gasteiger partial charge in [-0.05, 0) is 41.6 Å². The molecule has 0 unspecified atom stereocenters. The van der Waals surface area contributed by atoms with E-state index in [4.69, 9.17) is 0 Å². The van der Waals surface area contributed by atoms with Gasteiger partial charge in [0.05, 0.1) is 5.56 Å². The van der Waals surface area contributed by atoms with Crippen LogP contribution in [0.5, 0.6) is 0 Å². The highest BCUT2D eigenvalue weighted by Gasteiger charge is 2.29. The Bertz CT molecular complexity index is 512. The van der Waals surface area contributed by atoms with E-state index in [0.29, 0.717) is 0 Å². The molecule has 0 nitrogen and oxygen atoms in total. The summed E-state index contributed by atoms with van der Waals surface area (Å²) in [7, 11) is 0. The maximum Gasteiger partial charge on any atom is 0.416 e. The number of hydrogen-bond acceptors (Lipinski definition) is 1. The smallest absolute Gasteiger partial charge is 0.166 e. The molecule has 2 aromatic rings. The van der Waals surface area contributed by atoms with Crippen LogP contribution in [-0.4, -0.2) is 6.26 Å². The molecule has 0 bridgehead atoms. The molecule has 2 rings (SSSR count). The third kappa shape index (κ3) is 2.88. The molecule has 0 heterocycles. The monoisotopic (exact) mass is 268 g/mol. The van der Waals surface area contributed by atoms with Crippen LogP contribution < -0.4 is 0 Å². The van der Waals surface area contributed by atoms with E-state index in [-0.39, 0.29) is 0 Å². The number of alkyl halides is 3. The second-order valence-electron chi connectivity index (χ2n) is 3.80. The summed E-state index contributed by atoms with van der Waals surface area (Å²) in [6.45, 7) is 0. The largest absolute Gasteiger partial charge is 0.416 e. The number of halogens is 3. The van der Waals surface area contributed by atoms with Crippen LogP contribution in [0.2, 0.25) is 0 Å². The summed E-state index contributed by atoms with van der Waals surface area (Å²) >= 11 is 1.63. The van der Waals surface area contributed by atoms with E-state index in [1.165, 1.54) is 12.1 Å². The Morgan fingerprint density at radius 3 is 1.61 bits per heavy atom. The average Bonchev–Trinajstić information content (AvgIpc) is 2.38. The molecule has 0 aliphatic heterocycles. The molecule has 94 valence electrons. The molecule has 0 aliphatic carbocycles. The quantitative estimate of drug-likeness (QED) is 0.683. The molecule has 18 heavy (non-hydrogen) atoms. The van der Waals surface area contributed by atoms with Crippen molar-refractivity contribution in [2.24, 2.45) is 0 Å². The van der Waals surface area contributed by atoms with Crippen LogP contribution in [0.1, 0.15) is 5.56 Å². The van der Waals surface area contributed by atoms with Gasteiger partial charge in [0, 0.05) is 4.90 Å². The summed E-state index contributed by atoms with van der Waals surface area (Å²) in [6, 6.07) is 12.9. The number of thioether (sulfide) groups is 1. The van der Waals surface area contributed by atoms with Crippen LogP contribution in [0.4, 0.5) is 13.2 Å². The van der Waals surface area contributed by atoms with Crippen molar-refractivity contribution < 1.29 is 13.2 Å². The first-order valence-corrected chi connectivity index (χ1v) is 6.55. The summed E-state index contributed by atoms with van der Waals surface area (Å²) in [5, 5.41) is 0. The minimum atomic E-state index is -4.28. The normalized spacial score (nSPS) is 11.6. The fraction of sp³-hybridized carbons (Fsp3) is 0.143. The van der Waals surface area contributed by atoms with E-state index in [2.05, 4.69) is 0 Å². The molecule has 0 aliphatic rings. The number of rotatable bonds is 2. The average molecular weight is 268 g/mol. The molecule has 0 saturated heterocycles. The molecule has 2 aromatic carbocycles. The second-order valence-corrected chi connectivity index (χ2v) is 4.68. The van der Waals surface area contributed by atoms with Gasteiger partial charge in [-0.1, -0.05) is 24.3 Å². The first-order chi connectivity index (χ1) is 8.50. The van der Waals surface area contributed by atoms with Gasteiger partial charge in [0.15, 0.2) is 0 Å². The van der Waals surface area contributed by atoms with Gasteiger partial charge >= 0.3 is 6.18 Å². The third-order valence-electron chi connectivity index (χ3n) is 2.64. The van der Waals surface area contributed by atoms with Crippen LogP contribution in [0.25, 0.3) is 11.1 Å². The summed E-state index contributed by atoms with van der Waals surface area (Å²) in [4.78, 5) is 1.13. The SMILES string of the molecule is CSc1ccc(-c2ccc(C(F)(F)F)cc2)cc1. The number of hydrogen-bond donors (Lipinski definition) is 0. The zero-order valence-corrected chi connectivity index (χ0v) is 10.5. The molecule has 0 atom stereocenters. The Morgan fingerprint density at radius 2 is 1.22 bits per heavy atom. The lowest BCUT2D eigenvalue weighted by Crippen LogP contribution is -2.03. The summed E-state index contributed by atoms with van der Waals surface area (Å²) in [6.07, 6.45) is -2.30. The molecule has 0 N–H and O–H groups in total. The maximum atomic E-state index is 12.4. The second kappa shape index (κ2) is 5.06. The first-order valence-electron chi connectivity index (χ1n) is 5.32. The summed E-state index contributed by atoms with van der Waals surface area (Å²) < 4.78 is 37.3. The fourth-order valence-electron chi connectivity index (χ4n) is 1.64. The van der Waals surface area contributed by atoms with Gasteiger partial charge in [-0.2, -0.15) is 13.2 Å². The molecule has 0 aromatic heterocycles. The van der Waals surface area contributed by atoms with E-state index in [1.807, 2.05) is 30.5 Å². The molecule has 0 amide bonds. The lowest BCUT2D eigenvalue weighted by atomic mass is 10.0. The van der Waals surface area contributed by atoms with Crippen molar-refractivity contribution in [3.05, 3.63) is 54.1 Å². The predicted octanol–water partition coefficient (Wildman–Crippen LogP) is 5.09. The lowest BCUT2D eigenvalue weighted by Gasteiger charge is -2.08. The molecule has 0 fully saturated rings. The standard InChI is InChI=1S/C14H11F3S/c1-18-13-8-4-11(5-9-13)10-2-6-12(7-3-10)14(15,16)17/h2-9H,1H3. The van der Waals surface area contributed by atoms with Crippen molar-refractivity contribution in [3.8, 4) is 11.1 Å². The minimum Gasteiger partial charge on any atom is -0.166 e. The Labute approximate surface area is 108 Å². The van der Waals surface area contributed by atoms with E-state index >= 15 is 0 Å². The lowest BCUT2D eigenvalue weighted by molar-refractivity contribution is -0.137. The van der Waals surface area contributed by atoms with Crippen LogP contribution in [0.3, 0.4) is 0 Å². The molecule has 0 spiro atoms. The van der Waals surface area contributed by atoms with Gasteiger partial charge in [-0.15, -0.1) is 11.8 Å². The van der Waals surface area contributed by atoms with E-state index in [9.17, 15) is 13.2 Å². The van der Waals surface area contributed by atoms with E-state index in [0.717, 1.165) is 28.2 Å². The first kappa shape index (κ1) is 13.0. The summed E-state index contributed by atoms with van der Waals surface area (Å²) in [5.74, 6) is 0. The van der Waals surface area contributed by atoms with Crippen molar-refractivity contribution in [1.82, 2.24) is 0 Å². The molecule has 0 saturated carbocycles. The van der Waals surface area contributed by atoms with Gasteiger partial charge in [-0.3, -0.25) is 0 Å². The highest BCUT2D eigenvalue weighted by Crippen LogP contribution is 2.31. The van der Waals surface area contributed by atoms with Crippen molar-refractivity contribution >= 4 is 11.8 Å².